The lowest BCUT2D eigenvalue weighted by Crippen LogP contribution is -2.30. The summed E-state index contributed by atoms with van der Waals surface area (Å²) in [5, 5.41) is 0. The van der Waals surface area contributed by atoms with Gasteiger partial charge in [0.2, 0.25) is 0 Å². The average Bonchev–Trinajstić information content (AvgIpc) is 2.36. The van der Waals surface area contributed by atoms with Gasteiger partial charge < -0.3 is 4.74 Å². The normalized spacial score (nSPS) is 47.1. The standard InChI is InChI=1S/C9H16O/c1-7-5-6-10-9-4-2-3-8(7)9/h7-9H,2-6H2,1H3. The first kappa shape index (κ1) is 6.66. The molecule has 0 aromatic carbocycles. The lowest BCUT2D eigenvalue weighted by atomic mass is 9.87. The van der Waals surface area contributed by atoms with E-state index in [-0.39, 0.29) is 0 Å². The molecule has 0 radical (unpaired) electrons. The summed E-state index contributed by atoms with van der Waals surface area (Å²) in [6.07, 6.45) is 6.09. The molecule has 0 aromatic rings. The van der Waals surface area contributed by atoms with Crippen LogP contribution in [0.25, 0.3) is 0 Å². The molecule has 0 aromatic heterocycles. The highest BCUT2D eigenvalue weighted by Gasteiger charge is 2.34. The van der Waals surface area contributed by atoms with Crippen LogP contribution < -0.4 is 0 Å². The molecular formula is C9H16O. The largest absolute Gasteiger partial charge is 0.378 e. The molecule has 1 nitrogen and oxygen atoms in total. The van der Waals surface area contributed by atoms with Crippen LogP contribution in [-0.4, -0.2) is 12.7 Å². The van der Waals surface area contributed by atoms with E-state index in [0.717, 1.165) is 18.4 Å². The minimum absolute atomic E-state index is 0.642. The Morgan fingerprint density at radius 1 is 1.20 bits per heavy atom. The molecule has 0 spiro atoms. The van der Waals surface area contributed by atoms with Crippen molar-refractivity contribution in [3.8, 4) is 0 Å². The summed E-state index contributed by atoms with van der Waals surface area (Å²) in [4.78, 5) is 0. The zero-order valence-corrected chi connectivity index (χ0v) is 6.68. The van der Waals surface area contributed by atoms with Gasteiger partial charge >= 0.3 is 0 Å². The highest BCUT2D eigenvalue weighted by Crippen LogP contribution is 2.38. The summed E-state index contributed by atoms with van der Waals surface area (Å²) in [6.45, 7) is 3.40. The van der Waals surface area contributed by atoms with Gasteiger partial charge in [0.15, 0.2) is 0 Å². The Labute approximate surface area is 62.8 Å². The lowest BCUT2D eigenvalue weighted by molar-refractivity contribution is -0.0351. The van der Waals surface area contributed by atoms with Gasteiger partial charge in [-0.15, -0.1) is 0 Å². The third-order valence-electron chi connectivity index (χ3n) is 3.14. The first-order valence-corrected chi connectivity index (χ1v) is 4.49. The molecule has 3 unspecified atom stereocenters. The first-order chi connectivity index (χ1) is 4.88. The van der Waals surface area contributed by atoms with Crippen LogP contribution in [0.3, 0.4) is 0 Å². The Balaban J connectivity index is 2.03. The lowest BCUT2D eigenvalue weighted by Gasteiger charge is -2.31. The predicted octanol–water partition coefficient (Wildman–Crippen LogP) is 2.21. The molecule has 58 valence electrons. The Morgan fingerprint density at radius 2 is 2.10 bits per heavy atom. The predicted molar refractivity (Wildman–Crippen MR) is 40.9 cm³/mol. The Hall–Kier alpha value is -0.0400. The molecule has 0 amide bonds. The second-order valence-corrected chi connectivity index (χ2v) is 3.77. The smallest absolute Gasteiger partial charge is 0.0605 e. The molecule has 3 atom stereocenters. The molecule has 2 fully saturated rings. The number of hydrogen-bond acceptors (Lipinski definition) is 1. The highest BCUT2D eigenvalue weighted by molar-refractivity contribution is 4.84. The molecule has 1 saturated heterocycles. The van der Waals surface area contributed by atoms with Gasteiger partial charge in [0.1, 0.15) is 0 Å². The van der Waals surface area contributed by atoms with Crippen LogP contribution in [0.15, 0.2) is 0 Å². The average molecular weight is 140 g/mol. The maximum Gasteiger partial charge on any atom is 0.0605 e. The summed E-state index contributed by atoms with van der Waals surface area (Å²) in [5.74, 6) is 1.84. The third-order valence-corrected chi connectivity index (χ3v) is 3.14. The monoisotopic (exact) mass is 140 g/mol. The molecule has 1 saturated carbocycles. The molecule has 0 N–H and O–H groups in total. The molecule has 10 heavy (non-hydrogen) atoms. The van der Waals surface area contributed by atoms with Crippen LogP contribution >= 0.6 is 0 Å². The van der Waals surface area contributed by atoms with E-state index in [9.17, 15) is 0 Å². The summed E-state index contributed by atoms with van der Waals surface area (Å²) in [7, 11) is 0. The summed E-state index contributed by atoms with van der Waals surface area (Å²) < 4.78 is 5.67. The van der Waals surface area contributed by atoms with Crippen LogP contribution in [0, 0.1) is 11.8 Å². The van der Waals surface area contributed by atoms with Crippen LogP contribution in [0.4, 0.5) is 0 Å². The maximum atomic E-state index is 5.67. The van der Waals surface area contributed by atoms with Gasteiger partial charge in [-0.3, -0.25) is 0 Å². The maximum absolute atomic E-state index is 5.67. The Morgan fingerprint density at radius 3 is 2.90 bits per heavy atom. The molecule has 1 aliphatic heterocycles. The van der Waals surface area contributed by atoms with Crippen LogP contribution in [0.1, 0.15) is 32.6 Å². The van der Waals surface area contributed by atoms with Crippen LogP contribution in [-0.2, 0) is 4.74 Å². The third kappa shape index (κ3) is 0.968. The van der Waals surface area contributed by atoms with Gasteiger partial charge in [0.25, 0.3) is 0 Å². The van der Waals surface area contributed by atoms with Crippen molar-refractivity contribution in [3.05, 3.63) is 0 Å². The fourth-order valence-corrected chi connectivity index (χ4v) is 2.43. The van der Waals surface area contributed by atoms with E-state index < -0.39 is 0 Å². The molecule has 2 aliphatic rings. The van der Waals surface area contributed by atoms with Gasteiger partial charge in [-0.05, 0) is 31.1 Å². The fraction of sp³-hybridized carbons (Fsp3) is 1.00. The molecule has 1 heteroatoms. The molecule has 1 aliphatic carbocycles. The van der Waals surface area contributed by atoms with Gasteiger partial charge in [0, 0.05) is 6.61 Å². The van der Waals surface area contributed by atoms with Gasteiger partial charge in [-0.25, -0.2) is 0 Å². The number of ether oxygens (including phenoxy) is 1. The minimum atomic E-state index is 0.642. The molecule has 2 rings (SSSR count). The number of hydrogen-bond donors (Lipinski definition) is 0. The van der Waals surface area contributed by atoms with Crippen molar-refractivity contribution in [2.75, 3.05) is 6.61 Å². The second-order valence-electron chi connectivity index (χ2n) is 3.77. The van der Waals surface area contributed by atoms with Crippen molar-refractivity contribution < 1.29 is 4.74 Å². The van der Waals surface area contributed by atoms with Gasteiger partial charge in [-0.1, -0.05) is 13.3 Å². The van der Waals surface area contributed by atoms with E-state index in [1.165, 1.54) is 25.7 Å². The van der Waals surface area contributed by atoms with E-state index in [0.29, 0.717) is 6.10 Å². The topological polar surface area (TPSA) is 9.23 Å². The SMILES string of the molecule is CC1CCOC2CCCC12. The van der Waals surface area contributed by atoms with Gasteiger partial charge in [-0.2, -0.15) is 0 Å². The van der Waals surface area contributed by atoms with E-state index >= 15 is 0 Å². The number of fused-ring (bicyclic) bond motifs is 1. The summed E-state index contributed by atoms with van der Waals surface area (Å²) in [5.41, 5.74) is 0. The van der Waals surface area contributed by atoms with Crippen molar-refractivity contribution in [3.63, 3.8) is 0 Å². The molecular weight excluding hydrogens is 124 g/mol. The molecule has 1 heterocycles. The van der Waals surface area contributed by atoms with Crippen molar-refractivity contribution in [1.82, 2.24) is 0 Å². The van der Waals surface area contributed by atoms with E-state index in [1.54, 1.807) is 0 Å². The van der Waals surface area contributed by atoms with E-state index in [1.807, 2.05) is 0 Å². The molecule has 0 bridgehead atoms. The first-order valence-electron chi connectivity index (χ1n) is 4.49. The van der Waals surface area contributed by atoms with Crippen LogP contribution in [0.2, 0.25) is 0 Å². The zero-order valence-electron chi connectivity index (χ0n) is 6.68. The quantitative estimate of drug-likeness (QED) is 0.501. The van der Waals surface area contributed by atoms with Crippen LogP contribution in [0.5, 0.6) is 0 Å². The number of rotatable bonds is 0. The Kier molecular flexibility index (Phi) is 1.69. The fourth-order valence-electron chi connectivity index (χ4n) is 2.43. The zero-order chi connectivity index (χ0) is 6.97. The van der Waals surface area contributed by atoms with Gasteiger partial charge in [0.05, 0.1) is 6.10 Å². The van der Waals surface area contributed by atoms with Crippen molar-refractivity contribution in [2.24, 2.45) is 11.8 Å². The van der Waals surface area contributed by atoms with Crippen molar-refractivity contribution >= 4 is 0 Å². The minimum Gasteiger partial charge on any atom is -0.378 e. The highest BCUT2D eigenvalue weighted by atomic mass is 16.5. The summed E-state index contributed by atoms with van der Waals surface area (Å²) in [6, 6.07) is 0. The summed E-state index contributed by atoms with van der Waals surface area (Å²) >= 11 is 0. The Bertz CT molecular complexity index is 122. The van der Waals surface area contributed by atoms with Crippen molar-refractivity contribution in [2.45, 2.75) is 38.7 Å². The van der Waals surface area contributed by atoms with E-state index in [2.05, 4.69) is 6.92 Å². The second kappa shape index (κ2) is 2.54. The van der Waals surface area contributed by atoms with Crippen molar-refractivity contribution in [1.29, 1.82) is 0 Å². The van der Waals surface area contributed by atoms with E-state index in [4.69, 9.17) is 4.74 Å².